The van der Waals surface area contributed by atoms with Gasteiger partial charge in [-0.3, -0.25) is 14.7 Å². The van der Waals surface area contributed by atoms with E-state index in [1.165, 1.54) is 12.1 Å². The standard InChI is InChI=1S/C20H19FN4O2/c1-12-5-6-17-16(7-12)19(24-23-17)20(27)22-15-9-18(26)25(11-15)10-13-3-2-4-14(21)8-13/h2-8,15H,9-11H2,1H3,(H,22,27)(H,23,24)/t15-/m1/s1. The number of carbonyl (C=O) groups is 2. The van der Waals surface area contributed by atoms with Gasteiger partial charge in [-0.1, -0.05) is 23.8 Å². The second-order valence-electron chi connectivity index (χ2n) is 6.90. The predicted molar refractivity (Wildman–Crippen MR) is 98.5 cm³/mol. The van der Waals surface area contributed by atoms with Crippen molar-refractivity contribution in [2.75, 3.05) is 6.54 Å². The molecular formula is C20H19FN4O2. The molecule has 2 aromatic carbocycles. The summed E-state index contributed by atoms with van der Waals surface area (Å²) in [6, 6.07) is 11.6. The van der Waals surface area contributed by atoms with Crippen molar-refractivity contribution < 1.29 is 14.0 Å². The third-order valence-corrected chi connectivity index (χ3v) is 4.75. The van der Waals surface area contributed by atoms with Crippen LogP contribution >= 0.6 is 0 Å². The van der Waals surface area contributed by atoms with Crippen molar-refractivity contribution in [3.05, 3.63) is 65.1 Å². The van der Waals surface area contributed by atoms with Crippen molar-refractivity contribution in [2.45, 2.75) is 25.9 Å². The Labute approximate surface area is 155 Å². The SMILES string of the molecule is Cc1ccc2[nH]nc(C(=O)N[C@@H]3CC(=O)N(Cc4cccc(F)c4)C3)c2c1. The number of H-pyrrole nitrogens is 1. The lowest BCUT2D eigenvalue weighted by Crippen LogP contribution is -2.37. The monoisotopic (exact) mass is 366 g/mol. The minimum atomic E-state index is -0.329. The van der Waals surface area contributed by atoms with Crippen LogP contribution in [0.2, 0.25) is 0 Å². The van der Waals surface area contributed by atoms with Gasteiger partial charge in [0.25, 0.3) is 5.91 Å². The van der Waals surface area contributed by atoms with Crippen LogP contribution in [0.4, 0.5) is 4.39 Å². The molecule has 2 heterocycles. The van der Waals surface area contributed by atoms with E-state index in [-0.39, 0.29) is 30.1 Å². The number of carbonyl (C=O) groups excluding carboxylic acids is 2. The highest BCUT2D eigenvalue weighted by atomic mass is 19.1. The van der Waals surface area contributed by atoms with Crippen molar-refractivity contribution in [1.82, 2.24) is 20.4 Å². The molecule has 1 aromatic heterocycles. The molecule has 138 valence electrons. The van der Waals surface area contributed by atoms with Crippen LogP contribution in [0.5, 0.6) is 0 Å². The van der Waals surface area contributed by atoms with E-state index in [2.05, 4.69) is 15.5 Å². The predicted octanol–water partition coefficient (Wildman–Crippen LogP) is 2.54. The van der Waals surface area contributed by atoms with E-state index in [0.717, 1.165) is 22.0 Å². The zero-order chi connectivity index (χ0) is 19.0. The van der Waals surface area contributed by atoms with Gasteiger partial charge in [0.05, 0.1) is 11.6 Å². The van der Waals surface area contributed by atoms with Crippen molar-refractivity contribution >= 4 is 22.7 Å². The summed E-state index contributed by atoms with van der Waals surface area (Å²) in [6.07, 6.45) is 0.225. The maximum absolute atomic E-state index is 13.3. The quantitative estimate of drug-likeness (QED) is 0.745. The lowest BCUT2D eigenvalue weighted by atomic mass is 10.1. The highest BCUT2D eigenvalue weighted by Gasteiger charge is 2.31. The number of halogens is 1. The Balaban J connectivity index is 1.44. The Morgan fingerprint density at radius 1 is 1.33 bits per heavy atom. The topological polar surface area (TPSA) is 78.1 Å². The number of aromatic amines is 1. The maximum atomic E-state index is 13.3. The summed E-state index contributed by atoms with van der Waals surface area (Å²) in [4.78, 5) is 26.5. The molecule has 4 rings (SSSR count). The number of nitrogens with one attached hydrogen (secondary N) is 2. The largest absolute Gasteiger partial charge is 0.346 e. The van der Waals surface area contributed by atoms with E-state index in [0.29, 0.717) is 18.8 Å². The molecule has 0 radical (unpaired) electrons. The third kappa shape index (κ3) is 3.53. The second kappa shape index (κ2) is 6.83. The molecular weight excluding hydrogens is 347 g/mol. The molecule has 1 aliphatic rings. The summed E-state index contributed by atoms with van der Waals surface area (Å²) < 4.78 is 13.3. The summed E-state index contributed by atoms with van der Waals surface area (Å²) >= 11 is 0. The van der Waals surface area contributed by atoms with Crippen LogP contribution in [0.25, 0.3) is 10.9 Å². The van der Waals surface area contributed by atoms with Gasteiger partial charge in [0, 0.05) is 24.9 Å². The first kappa shape index (κ1) is 17.2. The van der Waals surface area contributed by atoms with Crippen molar-refractivity contribution in [3.63, 3.8) is 0 Å². The Morgan fingerprint density at radius 2 is 2.19 bits per heavy atom. The van der Waals surface area contributed by atoms with Crippen molar-refractivity contribution in [2.24, 2.45) is 0 Å². The number of hydrogen-bond donors (Lipinski definition) is 2. The Morgan fingerprint density at radius 3 is 3.00 bits per heavy atom. The number of amides is 2. The van der Waals surface area contributed by atoms with Gasteiger partial charge in [-0.25, -0.2) is 4.39 Å². The first-order valence-electron chi connectivity index (χ1n) is 8.77. The summed E-state index contributed by atoms with van der Waals surface area (Å²) in [5.74, 6) is -0.700. The summed E-state index contributed by atoms with van der Waals surface area (Å²) in [6.45, 7) is 2.67. The van der Waals surface area contributed by atoms with Crippen LogP contribution in [0.3, 0.4) is 0 Å². The third-order valence-electron chi connectivity index (χ3n) is 4.75. The van der Waals surface area contributed by atoms with E-state index in [4.69, 9.17) is 0 Å². The zero-order valence-electron chi connectivity index (χ0n) is 14.8. The van der Waals surface area contributed by atoms with E-state index < -0.39 is 0 Å². The molecule has 7 heteroatoms. The molecule has 0 spiro atoms. The maximum Gasteiger partial charge on any atom is 0.272 e. The smallest absolute Gasteiger partial charge is 0.272 e. The fourth-order valence-electron chi connectivity index (χ4n) is 3.43. The molecule has 2 N–H and O–H groups in total. The molecule has 1 atom stereocenters. The van der Waals surface area contributed by atoms with Crippen LogP contribution < -0.4 is 5.32 Å². The molecule has 0 aliphatic carbocycles. The molecule has 0 bridgehead atoms. The summed E-state index contributed by atoms with van der Waals surface area (Å²) in [5.41, 5.74) is 2.88. The fraction of sp³-hybridized carbons (Fsp3) is 0.250. The molecule has 1 fully saturated rings. The molecule has 0 saturated carbocycles. The van der Waals surface area contributed by atoms with Crippen molar-refractivity contribution in [1.29, 1.82) is 0 Å². The minimum Gasteiger partial charge on any atom is -0.346 e. The number of benzene rings is 2. The number of rotatable bonds is 4. The summed E-state index contributed by atoms with van der Waals surface area (Å²) in [5, 5.41) is 10.6. The molecule has 1 aliphatic heterocycles. The van der Waals surface area contributed by atoms with Crippen molar-refractivity contribution in [3.8, 4) is 0 Å². The van der Waals surface area contributed by atoms with E-state index in [9.17, 15) is 14.0 Å². The van der Waals surface area contributed by atoms with Crippen LogP contribution in [0, 0.1) is 12.7 Å². The van der Waals surface area contributed by atoms with Gasteiger partial charge < -0.3 is 10.2 Å². The van der Waals surface area contributed by atoms with Gasteiger partial charge in [0.1, 0.15) is 5.82 Å². The molecule has 3 aromatic rings. The number of aryl methyl sites for hydroxylation is 1. The minimum absolute atomic E-state index is 0.0627. The average Bonchev–Trinajstić information content (AvgIpc) is 3.18. The average molecular weight is 366 g/mol. The zero-order valence-corrected chi connectivity index (χ0v) is 14.8. The van der Waals surface area contributed by atoms with Crippen LogP contribution in [0.15, 0.2) is 42.5 Å². The van der Waals surface area contributed by atoms with Crippen LogP contribution in [-0.4, -0.2) is 39.5 Å². The van der Waals surface area contributed by atoms with Gasteiger partial charge in [-0.05, 0) is 36.8 Å². The molecule has 0 unspecified atom stereocenters. The van der Waals surface area contributed by atoms with Gasteiger partial charge in [-0.15, -0.1) is 0 Å². The molecule has 6 nitrogen and oxygen atoms in total. The van der Waals surface area contributed by atoms with Gasteiger partial charge >= 0.3 is 0 Å². The fourth-order valence-corrected chi connectivity index (χ4v) is 3.43. The Bertz CT molecular complexity index is 1030. The number of nitrogens with zero attached hydrogens (tertiary/aromatic N) is 2. The lowest BCUT2D eigenvalue weighted by Gasteiger charge is -2.17. The first-order chi connectivity index (χ1) is 13.0. The Hall–Kier alpha value is -3.22. The Kier molecular flexibility index (Phi) is 4.35. The number of hydrogen-bond acceptors (Lipinski definition) is 3. The van der Waals surface area contributed by atoms with E-state index in [1.807, 2.05) is 25.1 Å². The number of likely N-dealkylation sites (tertiary alicyclic amines) is 1. The summed E-state index contributed by atoms with van der Waals surface area (Å²) in [7, 11) is 0. The van der Waals surface area contributed by atoms with Gasteiger partial charge in [-0.2, -0.15) is 5.10 Å². The van der Waals surface area contributed by atoms with Gasteiger partial charge in [0.15, 0.2) is 5.69 Å². The lowest BCUT2D eigenvalue weighted by molar-refractivity contribution is -0.128. The second-order valence-corrected chi connectivity index (χ2v) is 6.90. The number of aromatic nitrogens is 2. The highest BCUT2D eigenvalue weighted by molar-refractivity contribution is 6.05. The van der Waals surface area contributed by atoms with Crippen LogP contribution in [0.1, 0.15) is 28.0 Å². The highest BCUT2D eigenvalue weighted by Crippen LogP contribution is 2.19. The van der Waals surface area contributed by atoms with Crippen LogP contribution in [-0.2, 0) is 11.3 Å². The van der Waals surface area contributed by atoms with E-state index in [1.54, 1.807) is 17.0 Å². The molecule has 27 heavy (non-hydrogen) atoms. The van der Waals surface area contributed by atoms with E-state index >= 15 is 0 Å². The van der Waals surface area contributed by atoms with Gasteiger partial charge in [0.2, 0.25) is 5.91 Å². The normalized spacial score (nSPS) is 16.9. The number of fused-ring (bicyclic) bond motifs is 1. The molecule has 2 amide bonds. The first-order valence-corrected chi connectivity index (χ1v) is 8.77. The molecule has 1 saturated heterocycles.